The Morgan fingerprint density at radius 2 is 1.93 bits per heavy atom. The first-order chi connectivity index (χ1) is 18.8. The van der Waals surface area contributed by atoms with E-state index < -0.39 is 67.8 Å². The molecule has 1 aliphatic carbocycles. The minimum absolute atomic E-state index is 0.195. The Hall–Kier alpha value is -2.83. The molecule has 1 aromatic heterocycles. The number of hydrogen-bond donors (Lipinski definition) is 3. The Labute approximate surface area is 230 Å². The van der Waals surface area contributed by atoms with Gasteiger partial charge in [-0.1, -0.05) is 12.1 Å². The number of aliphatic hydroxyl groups is 1. The van der Waals surface area contributed by atoms with Crippen LogP contribution in [0.2, 0.25) is 0 Å². The van der Waals surface area contributed by atoms with Crippen molar-refractivity contribution in [1.82, 2.24) is 14.6 Å². The van der Waals surface area contributed by atoms with Crippen molar-refractivity contribution in [2.24, 2.45) is 5.92 Å². The minimum Gasteiger partial charge on any atom is -0.462 e. The van der Waals surface area contributed by atoms with E-state index in [0.717, 1.165) is 35.7 Å². The number of aliphatic hydroxyl groups excluding tert-OH is 1. The molecule has 0 amide bonds. The smallest absolute Gasteiger partial charge is 0.459 e. The Bertz CT molecular complexity index is 1360. The summed E-state index contributed by atoms with van der Waals surface area (Å²) < 4.78 is 52.2. The highest BCUT2D eigenvalue weighted by Gasteiger charge is 2.56. The first kappa shape index (κ1) is 30.1. The van der Waals surface area contributed by atoms with Crippen LogP contribution in [0.15, 0.2) is 46.1 Å². The van der Waals surface area contributed by atoms with Crippen LogP contribution < -0.4 is 20.9 Å². The SMILES string of the molecule is CC(C)OC(=O)[C@H](C)NP(=O)(OC[C@H]1O[C@@H](n2ccc(=O)[nH]c2=O)[C@](C)(F)[C@@H]1O)Oc1ccc(CC2CC2)cc1. The molecule has 0 radical (unpaired) electrons. The standard InChI is InChI=1S/C26H35FN3O9P/c1-15(2)37-23(33)16(3)29-40(35,39-19-9-7-18(8-10-19)13-17-5-6-17)36-14-20-22(32)26(4,27)24(38-20)30-12-11-21(31)28-25(30)34/h7-12,15-17,20,22,24,32H,5-6,13-14H2,1-4H3,(H,29,35)(H,28,31,34)/t16-,20+,22+,24+,26+,40?/m0/s1. The van der Waals surface area contributed by atoms with Crippen molar-refractivity contribution >= 4 is 13.7 Å². The van der Waals surface area contributed by atoms with E-state index in [1.807, 2.05) is 17.1 Å². The Balaban J connectivity index is 1.51. The van der Waals surface area contributed by atoms with Gasteiger partial charge in [0.1, 0.15) is 24.0 Å². The number of nitrogens with zero attached hydrogens (tertiary/aromatic N) is 1. The van der Waals surface area contributed by atoms with Gasteiger partial charge in [0.05, 0.1) is 12.7 Å². The van der Waals surface area contributed by atoms with Gasteiger partial charge in [0.25, 0.3) is 5.56 Å². The Morgan fingerprint density at radius 3 is 2.52 bits per heavy atom. The number of esters is 1. The van der Waals surface area contributed by atoms with Gasteiger partial charge < -0.3 is 19.1 Å². The maximum absolute atomic E-state index is 15.6. The van der Waals surface area contributed by atoms with Gasteiger partial charge in [-0.2, -0.15) is 5.09 Å². The molecule has 2 aliphatic rings. The number of ether oxygens (including phenoxy) is 2. The van der Waals surface area contributed by atoms with E-state index in [1.165, 1.54) is 19.8 Å². The number of halogens is 1. The zero-order valence-electron chi connectivity index (χ0n) is 22.7. The quantitative estimate of drug-likeness (QED) is 0.251. The molecular weight excluding hydrogens is 548 g/mol. The van der Waals surface area contributed by atoms with Crippen molar-refractivity contribution < 1.29 is 37.4 Å². The number of carbonyl (C=O) groups is 1. The van der Waals surface area contributed by atoms with Crippen LogP contribution in [-0.2, 0) is 29.8 Å². The van der Waals surface area contributed by atoms with Crippen LogP contribution in [0.3, 0.4) is 0 Å². The molecule has 1 aliphatic heterocycles. The fraction of sp³-hybridized carbons (Fsp3) is 0.577. The molecule has 40 heavy (non-hydrogen) atoms. The highest BCUT2D eigenvalue weighted by atomic mass is 31.2. The number of nitrogens with one attached hydrogen (secondary N) is 2. The largest absolute Gasteiger partial charge is 0.462 e. The van der Waals surface area contributed by atoms with E-state index in [4.69, 9.17) is 18.5 Å². The van der Waals surface area contributed by atoms with Crippen molar-refractivity contribution in [3.05, 3.63) is 62.9 Å². The molecule has 1 saturated heterocycles. The number of aromatic nitrogens is 2. The van der Waals surface area contributed by atoms with Crippen LogP contribution in [0.4, 0.5) is 4.39 Å². The predicted octanol–water partition coefficient (Wildman–Crippen LogP) is 2.61. The molecule has 2 fully saturated rings. The van der Waals surface area contributed by atoms with Gasteiger partial charge in [0.2, 0.25) is 0 Å². The van der Waals surface area contributed by atoms with Crippen LogP contribution in [0.25, 0.3) is 0 Å². The second-order valence-electron chi connectivity index (χ2n) is 10.7. The molecule has 14 heteroatoms. The fourth-order valence-corrected chi connectivity index (χ4v) is 5.83. The first-order valence-electron chi connectivity index (χ1n) is 13.1. The van der Waals surface area contributed by atoms with E-state index in [2.05, 4.69) is 5.09 Å². The normalized spacial score (nSPS) is 26.8. The van der Waals surface area contributed by atoms with Crippen molar-refractivity contribution in [2.45, 2.75) is 83.2 Å². The second kappa shape index (κ2) is 12.0. The highest BCUT2D eigenvalue weighted by Crippen LogP contribution is 2.47. The number of carbonyl (C=O) groups excluding carboxylic acids is 1. The number of H-pyrrole nitrogens is 1. The van der Waals surface area contributed by atoms with Crippen LogP contribution in [0.1, 0.15) is 52.3 Å². The van der Waals surface area contributed by atoms with E-state index in [-0.39, 0.29) is 5.75 Å². The van der Waals surface area contributed by atoms with E-state index in [1.54, 1.807) is 26.0 Å². The van der Waals surface area contributed by atoms with Gasteiger partial charge in [-0.3, -0.25) is 23.7 Å². The molecule has 1 saturated carbocycles. The third-order valence-corrected chi connectivity index (χ3v) is 8.30. The molecule has 1 aromatic carbocycles. The van der Waals surface area contributed by atoms with Crippen molar-refractivity contribution in [3.8, 4) is 5.75 Å². The summed E-state index contributed by atoms with van der Waals surface area (Å²) in [6.07, 6.45) is -0.873. The molecule has 220 valence electrons. The average Bonchev–Trinajstić information content (AvgIpc) is 3.65. The highest BCUT2D eigenvalue weighted by molar-refractivity contribution is 7.52. The van der Waals surface area contributed by atoms with E-state index >= 15 is 4.39 Å². The number of rotatable bonds is 12. The topological polar surface area (TPSA) is 158 Å². The lowest BCUT2D eigenvalue weighted by atomic mass is 9.98. The average molecular weight is 584 g/mol. The van der Waals surface area contributed by atoms with Gasteiger partial charge in [-0.25, -0.2) is 13.8 Å². The molecule has 0 spiro atoms. The molecular formula is C26H35FN3O9P. The number of benzene rings is 1. The third-order valence-electron chi connectivity index (χ3n) is 6.66. The van der Waals surface area contributed by atoms with E-state index in [0.29, 0.717) is 5.92 Å². The molecule has 3 N–H and O–H groups in total. The second-order valence-corrected chi connectivity index (χ2v) is 12.3. The van der Waals surface area contributed by atoms with Crippen molar-refractivity contribution in [2.75, 3.05) is 6.61 Å². The Morgan fingerprint density at radius 1 is 1.25 bits per heavy atom. The molecule has 6 atom stereocenters. The molecule has 0 bridgehead atoms. The summed E-state index contributed by atoms with van der Waals surface area (Å²) >= 11 is 0. The summed E-state index contributed by atoms with van der Waals surface area (Å²) in [4.78, 5) is 38.0. The van der Waals surface area contributed by atoms with Crippen LogP contribution in [0, 0.1) is 5.92 Å². The lowest BCUT2D eigenvalue weighted by molar-refractivity contribution is -0.149. The number of hydrogen-bond acceptors (Lipinski definition) is 9. The molecule has 4 rings (SSSR count). The van der Waals surface area contributed by atoms with Crippen LogP contribution in [0.5, 0.6) is 5.75 Å². The summed E-state index contributed by atoms with van der Waals surface area (Å²) in [6.45, 7) is 5.14. The summed E-state index contributed by atoms with van der Waals surface area (Å²) in [6, 6.07) is 6.85. The van der Waals surface area contributed by atoms with Gasteiger partial charge in [-0.15, -0.1) is 0 Å². The maximum atomic E-state index is 15.6. The van der Waals surface area contributed by atoms with E-state index in [9.17, 15) is 24.1 Å². The lowest BCUT2D eigenvalue weighted by Gasteiger charge is -2.25. The van der Waals surface area contributed by atoms with Crippen LogP contribution in [-0.4, -0.2) is 57.3 Å². The van der Waals surface area contributed by atoms with Crippen LogP contribution >= 0.6 is 7.75 Å². The minimum atomic E-state index is -4.33. The van der Waals surface area contributed by atoms with Gasteiger partial charge in [0.15, 0.2) is 11.9 Å². The summed E-state index contributed by atoms with van der Waals surface area (Å²) in [7, 11) is -4.33. The van der Waals surface area contributed by atoms with Crippen molar-refractivity contribution in [1.29, 1.82) is 0 Å². The predicted molar refractivity (Wildman–Crippen MR) is 142 cm³/mol. The van der Waals surface area contributed by atoms with Crippen molar-refractivity contribution in [3.63, 3.8) is 0 Å². The lowest BCUT2D eigenvalue weighted by Crippen LogP contribution is -2.43. The molecule has 2 heterocycles. The monoisotopic (exact) mass is 583 g/mol. The summed E-state index contributed by atoms with van der Waals surface area (Å²) in [5.41, 5.74) is -3.01. The van der Waals surface area contributed by atoms with Gasteiger partial charge in [-0.05, 0) is 70.6 Å². The first-order valence-corrected chi connectivity index (χ1v) is 14.7. The van der Waals surface area contributed by atoms with Gasteiger partial charge >= 0.3 is 19.4 Å². The molecule has 1 unspecified atom stereocenters. The third kappa shape index (κ3) is 7.27. The van der Waals surface area contributed by atoms with Gasteiger partial charge in [0, 0.05) is 12.3 Å². The number of aromatic amines is 1. The molecule has 2 aromatic rings. The summed E-state index contributed by atoms with van der Waals surface area (Å²) in [5, 5.41) is 13.2. The molecule has 12 nitrogen and oxygen atoms in total. The zero-order chi connectivity index (χ0) is 29.2. The number of alkyl halides is 1. The maximum Gasteiger partial charge on any atom is 0.459 e. The fourth-order valence-electron chi connectivity index (χ4n) is 4.33. The Kier molecular flexibility index (Phi) is 9.01. The zero-order valence-corrected chi connectivity index (χ0v) is 23.6. The summed E-state index contributed by atoms with van der Waals surface area (Å²) in [5.74, 6) is 0.166.